The molecule has 2 N–H and O–H groups in total. The van der Waals surface area contributed by atoms with Crippen molar-refractivity contribution in [1.29, 1.82) is 0 Å². The van der Waals surface area contributed by atoms with Crippen molar-refractivity contribution in [3.05, 3.63) is 29.8 Å². The number of benzene rings is 1. The van der Waals surface area contributed by atoms with Crippen molar-refractivity contribution in [3.8, 4) is 0 Å². The first-order chi connectivity index (χ1) is 9.51. The number of halogens is 2. The third-order valence-corrected chi connectivity index (χ3v) is 4.38. The second kappa shape index (κ2) is 6.04. The summed E-state index contributed by atoms with van der Waals surface area (Å²) in [5.41, 5.74) is -1.61. The van der Waals surface area contributed by atoms with Crippen LogP contribution in [0.4, 0.5) is 8.78 Å². The quantitative estimate of drug-likeness (QED) is 0.772. The molecule has 0 heterocycles. The topological polar surface area (TPSA) is 92.7 Å². The van der Waals surface area contributed by atoms with Crippen LogP contribution < -0.4 is 4.72 Å². The lowest BCUT2D eigenvalue weighted by Crippen LogP contribution is -2.55. The zero-order valence-electron chi connectivity index (χ0n) is 11.6. The van der Waals surface area contributed by atoms with E-state index in [-0.39, 0.29) is 0 Å². The lowest BCUT2D eigenvalue weighted by Gasteiger charge is -2.29. The summed E-state index contributed by atoms with van der Waals surface area (Å²) in [5, 5.41) is 9.72. The highest BCUT2D eigenvalue weighted by atomic mass is 32.2. The molecule has 0 bridgehead atoms. The lowest BCUT2D eigenvalue weighted by molar-refractivity contribution is -0.153. The van der Waals surface area contributed by atoms with Crippen LogP contribution >= 0.6 is 0 Å². The fourth-order valence-electron chi connectivity index (χ4n) is 1.51. The third kappa shape index (κ3) is 3.96. The summed E-state index contributed by atoms with van der Waals surface area (Å²) in [6.45, 7) is 2.48. The molecule has 0 amide bonds. The maximum Gasteiger partial charge on any atom is 0.336 e. The highest BCUT2D eigenvalue weighted by molar-refractivity contribution is 7.89. The van der Waals surface area contributed by atoms with E-state index < -0.39 is 44.2 Å². The average Bonchev–Trinajstić information content (AvgIpc) is 2.38. The summed E-state index contributed by atoms with van der Waals surface area (Å²) >= 11 is 0. The van der Waals surface area contributed by atoms with Gasteiger partial charge in [0.25, 0.3) is 0 Å². The molecule has 21 heavy (non-hydrogen) atoms. The summed E-state index contributed by atoms with van der Waals surface area (Å²) in [6, 6.07) is 2.02. The Bertz CT molecular complexity index is 645. The van der Waals surface area contributed by atoms with Crippen molar-refractivity contribution in [1.82, 2.24) is 4.72 Å². The van der Waals surface area contributed by atoms with Crippen LogP contribution in [0.1, 0.15) is 13.8 Å². The molecule has 0 spiro atoms. The number of aliphatic hydroxyl groups excluding tert-OH is 1. The SMILES string of the molecule is COC(=O)[C@H](O)C(C)(C)NS(=O)(=O)c1ccc(F)c(F)c1. The van der Waals surface area contributed by atoms with Crippen LogP contribution in [0.3, 0.4) is 0 Å². The normalized spacial score (nSPS) is 13.8. The molecule has 1 rings (SSSR count). The number of methoxy groups -OCH3 is 1. The summed E-state index contributed by atoms with van der Waals surface area (Å²) in [4.78, 5) is 10.7. The first kappa shape index (κ1) is 17.5. The lowest BCUT2D eigenvalue weighted by atomic mass is 9.99. The number of nitrogens with one attached hydrogen (secondary N) is 1. The van der Waals surface area contributed by atoms with Gasteiger partial charge in [0.05, 0.1) is 17.5 Å². The van der Waals surface area contributed by atoms with E-state index in [1.165, 1.54) is 13.8 Å². The maximum absolute atomic E-state index is 13.1. The Kier molecular flexibility index (Phi) is 5.03. The average molecular weight is 323 g/mol. The molecule has 0 unspecified atom stereocenters. The van der Waals surface area contributed by atoms with Gasteiger partial charge in [-0.25, -0.2) is 26.7 Å². The summed E-state index contributed by atoms with van der Waals surface area (Å²) in [7, 11) is -3.24. The molecule has 6 nitrogen and oxygen atoms in total. The summed E-state index contributed by atoms with van der Waals surface area (Å²) < 4.78 is 56.4. The molecule has 0 radical (unpaired) electrons. The number of ether oxygens (including phenoxy) is 1. The van der Waals surface area contributed by atoms with Gasteiger partial charge in [-0.1, -0.05) is 0 Å². The number of hydrogen-bond donors (Lipinski definition) is 2. The Balaban J connectivity index is 3.09. The number of carbonyl (C=O) groups excluding carboxylic acids is 1. The molecule has 0 aliphatic carbocycles. The molecule has 0 aromatic heterocycles. The van der Waals surface area contributed by atoms with Crippen LogP contribution in [0, 0.1) is 11.6 Å². The van der Waals surface area contributed by atoms with E-state index in [1.54, 1.807) is 0 Å². The predicted molar refractivity (Wildman–Crippen MR) is 68.8 cm³/mol. The molecule has 0 fully saturated rings. The van der Waals surface area contributed by atoms with Crippen LogP contribution in [0.2, 0.25) is 0 Å². The molecular formula is C12H15F2NO5S. The Morgan fingerprint density at radius 1 is 1.33 bits per heavy atom. The molecular weight excluding hydrogens is 308 g/mol. The molecule has 9 heteroatoms. The van der Waals surface area contributed by atoms with E-state index in [2.05, 4.69) is 4.74 Å². The number of hydrogen-bond acceptors (Lipinski definition) is 5. The molecule has 1 aromatic rings. The monoisotopic (exact) mass is 323 g/mol. The largest absolute Gasteiger partial charge is 0.467 e. The molecule has 0 saturated carbocycles. The van der Waals surface area contributed by atoms with E-state index in [4.69, 9.17) is 0 Å². The fraction of sp³-hybridized carbons (Fsp3) is 0.417. The van der Waals surface area contributed by atoms with Crippen molar-refractivity contribution < 1.29 is 31.8 Å². The Morgan fingerprint density at radius 3 is 2.38 bits per heavy atom. The van der Waals surface area contributed by atoms with Crippen LogP contribution in [-0.4, -0.2) is 38.2 Å². The second-order valence-corrected chi connectivity index (χ2v) is 6.51. The van der Waals surface area contributed by atoms with Gasteiger partial charge in [-0.15, -0.1) is 0 Å². The molecule has 0 aliphatic heterocycles. The van der Waals surface area contributed by atoms with E-state index in [9.17, 15) is 27.1 Å². The van der Waals surface area contributed by atoms with E-state index in [0.29, 0.717) is 12.1 Å². The zero-order chi connectivity index (χ0) is 16.4. The van der Waals surface area contributed by atoms with Crippen LogP contribution in [0.5, 0.6) is 0 Å². The molecule has 1 atom stereocenters. The van der Waals surface area contributed by atoms with Gasteiger partial charge < -0.3 is 9.84 Å². The zero-order valence-corrected chi connectivity index (χ0v) is 12.4. The van der Waals surface area contributed by atoms with Crippen LogP contribution in [-0.2, 0) is 19.6 Å². The fourth-order valence-corrected chi connectivity index (χ4v) is 2.94. The smallest absolute Gasteiger partial charge is 0.336 e. The predicted octanol–water partition coefficient (Wildman–Crippen LogP) is 0.556. The standard InChI is InChI=1S/C12H15F2NO5S/c1-12(2,10(16)11(17)20-3)15-21(18,19)7-4-5-8(13)9(14)6-7/h4-6,10,15-16H,1-3H3/t10-/m0/s1. The van der Waals surface area contributed by atoms with Crippen molar-refractivity contribution >= 4 is 16.0 Å². The van der Waals surface area contributed by atoms with Crippen LogP contribution in [0.15, 0.2) is 23.1 Å². The van der Waals surface area contributed by atoms with Crippen molar-refractivity contribution in [3.63, 3.8) is 0 Å². The van der Waals surface area contributed by atoms with Crippen molar-refractivity contribution in [2.24, 2.45) is 0 Å². The number of sulfonamides is 1. The minimum atomic E-state index is -4.27. The third-order valence-electron chi connectivity index (χ3n) is 2.71. The van der Waals surface area contributed by atoms with Gasteiger partial charge in [-0.3, -0.25) is 0 Å². The minimum Gasteiger partial charge on any atom is -0.467 e. The molecule has 118 valence electrons. The Hall–Kier alpha value is -1.58. The van der Waals surface area contributed by atoms with Gasteiger partial charge in [-0.2, -0.15) is 0 Å². The Labute approximate surface area is 120 Å². The minimum absolute atomic E-state index is 0.498. The van der Waals surface area contributed by atoms with E-state index >= 15 is 0 Å². The van der Waals surface area contributed by atoms with Gasteiger partial charge in [0.2, 0.25) is 10.0 Å². The van der Waals surface area contributed by atoms with Crippen LogP contribution in [0.25, 0.3) is 0 Å². The van der Waals surface area contributed by atoms with Crippen molar-refractivity contribution in [2.45, 2.75) is 30.4 Å². The maximum atomic E-state index is 13.1. The molecule has 0 aliphatic rings. The molecule has 0 saturated heterocycles. The summed E-state index contributed by atoms with van der Waals surface area (Å²) in [6.07, 6.45) is -1.78. The van der Waals surface area contributed by atoms with E-state index in [0.717, 1.165) is 13.2 Å². The molecule has 1 aromatic carbocycles. The number of rotatable bonds is 5. The van der Waals surface area contributed by atoms with Gasteiger partial charge in [-0.05, 0) is 32.0 Å². The van der Waals surface area contributed by atoms with Gasteiger partial charge >= 0.3 is 5.97 Å². The first-order valence-electron chi connectivity index (χ1n) is 5.76. The number of aliphatic hydroxyl groups is 1. The van der Waals surface area contributed by atoms with Crippen molar-refractivity contribution in [2.75, 3.05) is 7.11 Å². The second-order valence-electron chi connectivity index (χ2n) is 4.83. The van der Waals surface area contributed by atoms with Gasteiger partial charge in [0.15, 0.2) is 17.7 Å². The highest BCUT2D eigenvalue weighted by Gasteiger charge is 2.38. The Morgan fingerprint density at radius 2 is 1.90 bits per heavy atom. The first-order valence-corrected chi connectivity index (χ1v) is 7.24. The highest BCUT2D eigenvalue weighted by Crippen LogP contribution is 2.18. The van der Waals surface area contributed by atoms with Gasteiger partial charge in [0.1, 0.15) is 0 Å². The number of carbonyl (C=O) groups is 1. The van der Waals surface area contributed by atoms with Gasteiger partial charge in [0, 0.05) is 0 Å². The van der Waals surface area contributed by atoms with E-state index in [1.807, 2.05) is 4.72 Å². The summed E-state index contributed by atoms with van der Waals surface area (Å²) in [5.74, 6) is -3.56. The number of esters is 1.